The Balaban J connectivity index is 1.56. The van der Waals surface area contributed by atoms with Gasteiger partial charge in [-0.05, 0) is 75.0 Å². The van der Waals surface area contributed by atoms with Crippen molar-refractivity contribution < 1.29 is 9.53 Å². The number of nitrogens with zero attached hydrogens (tertiary/aromatic N) is 2. The van der Waals surface area contributed by atoms with Gasteiger partial charge < -0.3 is 4.74 Å². The van der Waals surface area contributed by atoms with Gasteiger partial charge in [-0.2, -0.15) is 5.10 Å². The lowest BCUT2D eigenvalue weighted by atomic mass is 10.1. The highest BCUT2D eigenvalue weighted by molar-refractivity contribution is 9.11. The Kier molecular flexibility index (Phi) is 9.44. The number of carbonyl (C=O) groups excluding carboxylic acids is 1. The maximum absolute atomic E-state index is 12.4. The molecule has 2 aromatic carbocycles. The highest BCUT2D eigenvalue weighted by atomic mass is 79.9. The molecule has 0 aliphatic rings. The number of aromatic nitrogens is 1. The first-order valence-corrected chi connectivity index (χ1v) is 12.9. The first-order chi connectivity index (χ1) is 15.5. The number of halogens is 2. The lowest BCUT2D eigenvalue weighted by Gasteiger charge is -2.11. The van der Waals surface area contributed by atoms with Crippen LogP contribution >= 0.6 is 43.2 Å². The number of ether oxygens (including phenoxy) is 1. The van der Waals surface area contributed by atoms with Gasteiger partial charge in [0.1, 0.15) is 5.75 Å². The van der Waals surface area contributed by atoms with Crippen molar-refractivity contribution in [2.24, 2.45) is 5.10 Å². The summed E-state index contributed by atoms with van der Waals surface area (Å²) in [6, 6.07) is 11.1. The maximum atomic E-state index is 12.4. The average Bonchev–Trinajstić information content (AvgIpc) is 3.21. The number of thiazole rings is 1. The van der Waals surface area contributed by atoms with Gasteiger partial charge in [-0.1, -0.05) is 38.3 Å². The van der Waals surface area contributed by atoms with E-state index in [-0.39, 0.29) is 5.91 Å². The normalized spacial score (nSPS) is 11.1. The van der Waals surface area contributed by atoms with E-state index < -0.39 is 0 Å². The molecule has 1 N–H and O–H groups in total. The van der Waals surface area contributed by atoms with Crippen LogP contribution in [-0.2, 0) is 0 Å². The molecule has 0 unspecified atom stereocenters. The van der Waals surface area contributed by atoms with Gasteiger partial charge in [-0.15, -0.1) is 11.3 Å². The van der Waals surface area contributed by atoms with Gasteiger partial charge in [0.2, 0.25) is 0 Å². The molecule has 0 aliphatic carbocycles. The standard InChI is InChI=1S/C24H25Br2N3O2S/c1-3-4-5-6-11-31-23-20(25)12-17(13-21(23)26)14-27-29-24(30)19-9-7-18(8-10-19)22-15-32-16(2)28-22/h7-10,12-15H,3-6,11H2,1-2H3,(H,29,30)/b27-14+. The zero-order valence-electron chi connectivity index (χ0n) is 18.0. The van der Waals surface area contributed by atoms with Gasteiger partial charge in [0.15, 0.2) is 0 Å². The summed E-state index contributed by atoms with van der Waals surface area (Å²) in [5, 5.41) is 7.11. The van der Waals surface area contributed by atoms with Crippen LogP contribution in [0.4, 0.5) is 0 Å². The van der Waals surface area contributed by atoms with Crippen molar-refractivity contribution in [2.75, 3.05) is 6.61 Å². The van der Waals surface area contributed by atoms with Crippen LogP contribution in [0.2, 0.25) is 0 Å². The molecule has 5 nitrogen and oxygen atoms in total. The first kappa shape index (κ1) is 24.6. The second-order valence-corrected chi connectivity index (χ2v) is 10.0. The van der Waals surface area contributed by atoms with Crippen LogP contribution in [0.5, 0.6) is 5.75 Å². The summed E-state index contributed by atoms with van der Waals surface area (Å²) in [4.78, 5) is 16.9. The summed E-state index contributed by atoms with van der Waals surface area (Å²) in [7, 11) is 0. The molecule has 0 fully saturated rings. The van der Waals surface area contributed by atoms with E-state index in [0.717, 1.165) is 42.9 Å². The molecule has 0 aliphatic heterocycles. The minimum absolute atomic E-state index is 0.271. The number of amides is 1. The highest BCUT2D eigenvalue weighted by Gasteiger charge is 2.09. The molecule has 168 valence electrons. The van der Waals surface area contributed by atoms with Crippen molar-refractivity contribution in [2.45, 2.75) is 39.5 Å². The molecule has 3 rings (SSSR count). The molecule has 8 heteroatoms. The third kappa shape index (κ3) is 6.98. The number of carbonyl (C=O) groups is 1. The number of unbranched alkanes of at least 4 members (excludes halogenated alkanes) is 3. The van der Waals surface area contributed by atoms with Crippen molar-refractivity contribution in [3.05, 3.63) is 66.9 Å². The number of aryl methyl sites for hydroxylation is 1. The Morgan fingerprint density at radius 2 is 1.88 bits per heavy atom. The Morgan fingerprint density at radius 3 is 2.50 bits per heavy atom. The monoisotopic (exact) mass is 577 g/mol. The van der Waals surface area contributed by atoms with E-state index in [1.807, 2.05) is 36.6 Å². The SMILES string of the molecule is CCCCCCOc1c(Br)cc(/C=N/NC(=O)c2ccc(-c3csc(C)n3)cc2)cc1Br. The van der Waals surface area contributed by atoms with Gasteiger partial charge >= 0.3 is 0 Å². The molecule has 0 spiro atoms. The van der Waals surface area contributed by atoms with E-state index in [2.05, 4.69) is 54.3 Å². The number of hydrazone groups is 1. The van der Waals surface area contributed by atoms with Crippen molar-refractivity contribution in [1.29, 1.82) is 0 Å². The fourth-order valence-electron chi connectivity index (χ4n) is 3.01. The van der Waals surface area contributed by atoms with Crippen LogP contribution in [0, 0.1) is 6.92 Å². The van der Waals surface area contributed by atoms with Gasteiger partial charge in [0.05, 0.1) is 32.5 Å². The lowest BCUT2D eigenvalue weighted by Crippen LogP contribution is -2.17. The quantitative estimate of drug-likeness (QED) is 0.155. The zero-order chi connectivity index (χ0) is 22.9. The van der Waals surface area contributed by atoms with Crippen molar-refractivity contribution in [3.63, 3.8) is 0 Å². The predicted molar refractivity (Wildman–Crippen MR) is 139 cm³/mol. The molecule has 0 bridgehead atoms. The van der Waals surface area contributed by atoms with Crippen molar-refractivity contribution in [3.8, 4) is 17.0 Å². The van der Waals surface area contributed by atoms with Gasteiger partial charge in [-0.25, -0.2) is 10.4 Å². The zero-order valence-corrected chi connectivity index (χ0v) is 22.0. The molecule has 1 amide bonds. The molecule has 1 heterocycles. The van der Waals surface area contributed by atoms with Crippen LogP contribution in [-0.4, -0.2) is 23.7 Å². The molecule has 0 atom stereocenters. The molecule has 1 aromatic heterocycles. The minimum atomic E-state index is -0.271. The van der Waals surface area contributed by atoms with Gasteiger partial charge in [0.25, 0.3) is 5.91 Å². The van der Waals surface area contributed by atoms with Crippen LogP contribution in [0.3, 0.4) is 0 Å². The Labute approximate surface area is 209 Å². The van der Waals surface area contributed by atoms with E-state index in [4.69, 9.17) is 4.74 Å². The number of nitrogens with one attached hydrogen (secondary N) is 1. The summed E-state index contributed by atoms with van der Waals surface area (Å²) in [6.07, 6.45) is 6.23. The Bertz CT molecular complexity index is 1060. The molecule has 32 heavy (non-hydrogen) atoms. The van der Waals surface area contributed by atoms with E-state index in [1.54, 1.807) is 29.7 Å². The molecule has 0 saturated carbocycles. The second kappa shape index (κ2) is 12.3. The van der Waals surface area contributed by atoms with Crippen molar-refractivity contribution in [1.82, 2.24) is 10.4 Å². The Morgan fingerprint density at radius 1 is 1.16 bits per heavy atom. The molecular weight excluding hydrogens is 554 g/mol. The van der Waals surface area contributed by atoms with E-state index >= 15 is 0 Å². The molecule has 0 saturated heterocycles. The smallest absolute Gasteiger partial charge is 0.271 e. The predicted octanol–water partition coefficient (Wildman–Crippen LogP) is 7.37. The molecule has 0 radical (unpaired) electrons. The second-order valence-electron chi connectivity index (χ2n) is 7.25. The first-order valence-electron chi connectivity index (χ1n) is 10.5. The van der Waals surface area contributed by atoms with Crippen LogP contribution < -0.4 is 10.2 Å². The summed E-state index contributed by atoms with van der Waals surface area (Å²) in [5.74, 6) is 0.505. The third-order valence-corrected chi connectivity index (χ3v) is 6.66. The van der Waals surface area contributed by atoms with Crippen LogP contribution in [0.25, 0.3) is 11.3 Å². The minimum Gasteiger partial charge on any atom is -0.491 e. The van der Waals surface area contributed by atoms with E-state index in [9.17, 15) is 4.79 Å². The van der Waals surface area contributed by atoms with Crippen molar-refractivity contribution >= 4 is 55.3 Å². The summed E-state index contributed by atoms with van der Waals surface area (Å²) in [6.45, 7) is 4.85. The van der Waals surface area contributed by atoms with E-state index in [0.29, 0.717) is 12.2 Å². The number of rotatable bonds is 10. The summed E-state index contributed by atoms with van der Waals surface area (Å²) in [5.41, 5.74) is 5.84. The number of hydrogen-bond acceptors (Lipinski definition) is 5. The molecule has 3 aromatic rings. The number of benzene rings is 2. The molecular formula is C24H25Br2N3O2S. The average molecular weight is 579 g/mol. The van der Waals surface area contributed by atoms with Gasteiger partial charge in [-0.3, -0.25) is 4.79 Å². The summed E-state index contributed by atoms with van der Waals surface area (Å²) >= 11 is 8.72. The topological polar surface area (TPSA) is 63.6 Å². The van der Waals surface area contributed by atoms with Crippen LogP contribution in [0.1, 0.15) is 53.5 Å². The number of hydrogen-bond donors (Lipinski definition) is 1. The maximum Gasteiger partial charge on any atom is 0.271 e. The largest absolute Gasteiger partial charge is 0.491 e. The fraction of sp³-hybridized carbons (Fsp3) is 0.292. The van der Waals surface area contributed by atoms with Crippen LogP contribution in [0.15, 0.2) is 55.8 Å². The highest BCUT2D eigenvalue weighted by Crippen LogP contribution is 2.34. The Hall–Kier alpha value is -2.03. The summed E-state index contributed by atoms with van der Waals surface area (Å²) < 4.78 is 7.57. The van der Waals surface area contributed by atoms with E-state index in [1.165, 1.54) is 19.3 Å². The lowest BCUT2D eigenvalue weighted by molar-refractivity contribution is 0.0955. The third-order valence-electron chi connectivity index (χ3n) is 4.71. The van der Waals surface area contributed by atoms with Gasteiger partial charge in [0, 0.05) is 16.5 Å². The fourth-order valence-corrected chi connectivity index (χ4v) is 5.09.